The minimum absolute atomic E-state index is 1.49. The summed E-state index contributed by atoms with van der Waals surface area (Å²) in [5, 5.41) is 0. The summed E-state index contributed by atoms with van der Waals surface area (Å²) in [6.45, 7) is -0.227. The predicted octanol–water partition coefficient (Wildman–Crippen LogP) is 4.83. The number of hydrogen-bond acceptors (Lipinski definition) is 3. The lowest BCUT2D eigenvalue weighted by Gasteiger charge is -2.09. The van der Waals surface area contributed by atoms with Crippen molar-refractivity contribution in [1.29, 1.82) is 0 Å². The molecule has 9 heteroatoms. The Bertz CT molecular complexity index is 259. The highest BCUT2D eigenvalue weighted by molar-refractivity contribution is 8.00. The van der Waals surface area contributed by atoms with Crippen LogP contribution in [0.2, 0.25) is 0 Å². The van der Waals surface area contributed by atoms with Gasteiger partial charge < -0.3 is 0 Å². The van der Waals surface area contributed by atoms with Crippen molar-refractivity contribution in [3.05, 3.63) is 0 Å². The Morgan fingerprint density at radius 1 is 1.30 bits per heavy atom. The molecule has 10 heavy (non-hydrogen) atoms. The molecule has 1 rings (SSSR count). The molecule has 0 aromatic carbocycles. The van der Waals surface area contributed by atoms with Crippen molar-refractivity contribution in [1.82, 2.24) is 0 Å². The Kier molecular flexibility index (Phi) is 3.39. The SMILES string of the molecule is CP1(Cl)=N[PH](Cl)=N[PH](Cl)=N1. The van der Waals surface area contributed by atoms with Gasteiger partial charge in [-0.3, -0.25) is 0 Å². The van der Waals surface area contributed by atoms with Crippen molar-refractivity contribution in [2.45, 2.75) is 0 Å². The Morgan fingerprint density at radius 3 is 2.30 bits per heavy atom. The van der Waals surface area contributed by atoms with E-state index in [4.69, 9.17) is 33.7 Å². The van der Waals surface area contributed by atoms with Crippen LogP contribution in [0.15, 0.2) is 13.5 Å². The maximum absolute atomic E-state index is 5.86. The van der Waals surface area contributed by atoms with E-state index in [-0.39, 0.29) is 0 Å². The molecule has 0 fully saturated rings. The first-order valence-corrected chi connectivity index (χ1v) is 10.1. The molecule has 0 N–H and O–H groups in total. The molecule has 0 aliphatic carbocycles. The van der Waals surface area contributed by atoms with E-state index < -0.39 is 21.0 Å². The first-order valence-electron chi connectivity index (χ1n) is 2.29. The van der Waals surface area contributed by atoms with Crippen LogP contribution in [0.25, 0.3) is 0 Å². The van der Waals surface area contributed by atoms with Crippen LogP contribution in [0.3, 0.4) is 0 Å². The smallest absolute Gasteiger partial charge is 0.163 e. The molecule has 0 radical (unpaired) electrons. The van der Waals surface area contributed by atoms with Crippen LogP contribution in [0.5, 0.6) is 0 Å². The fourth-order valence-corrected chi connectivity index (χ4v) is 11.7. The quantitative estimate of drug-likeness (QED) is 0.558. The van der Waals surface area contributed by atoms with E-state index in [0.717, 1.165) is 0 Å². The molecule has 60 valence electrons. The second kappa shape index (κ2) is 3.52. The molecule has 0 aromatic heterocycles. The lowest BCUT2D eigenvalue weighted by atomic mass is 12.0. The Labute approximate surface area is 75.0 Å². The molecule has 3 nitrogen and oxygen atoms in total. The third-order valence-corrected chi connectivity index (χ3v) is 10.7. The van der Waals surface area contributed by atoms with E-state index in [1.165, 1.54) is 0 Å². The number of halogens is 3. The summed E-state index contributed by atoms with van der Waals surface area (Å²) >= 11 is 17.2. The van der Waals surface area contributed by atoms with Gasteiger partial charge in [0.1, 0.15) is 0 Å². The molecule has 0 amide bonds. The van der Waals surface area contributed by atoms with Gasteiger partial charge in [0.15, 0.2) is 21.0 Å². The zero-order chi connectivity index (χ0) is 7.78. The summed E-state index contributed by atoms with van der Waals surface area (Å²) in [5.74, 6) is 0. The molecule has 1 aliphatic rings. The monoisotopic (exact) mass is 257 g/mol. The van der Waals surface area contributed by atoms with E-state index >= 15 is 0 Å². The zero-order valence-electron chi connectivity index (χ0n) is 4.92. The van der Waals surface area contributed by atoms with E-state index in [2.05, 4.69) is 13.5 Å². The highest BCUT2D eigenvalue weighted by Gasteiger charge is 2.11. The minimum atomic E-state index is -1.99. The minimum Gasteiger partial charge on any atom is -0.217 e. The molecule has 3 atom stereocenters. The summed E-state index contributed by atoms with van der Waals surface area (Å²) in [4.78, 5) is 0. The maximum Gasteiger partial charge on any atom is 0.163 e. The summed E-state index contributed by atoms with van der Waals surface area (Å²) in [5.41, 5.74) is 0. The van der Waals surface area contributed by atoms with Gasteiger partial charge in [-0.2, -0.15) is 0 Å². The molecule has 3 unspecified atom stereocenters. The molecule has 1 aliphatic heterocycles. The average Bonchev–Trinajstić information content (AvgIpc) is 1.54. The van der Waals surface area contributed by atoms with E-state index in [9.17, 15) is 0 Å². The number of rotatable bonds is 0. The van der Waals surface area contributed by atoms with Gasteiger partial charge in [-0.05, 0) is 0 Å². The summed E-state index contributed by atoms with van der Waals surface area (Å²) < 4.78 is 12.0. The Morgan fingerprint density at radius 2 is 1.90 bits per heavy atom. The van der Waals surface area contributed by atoms with Crippen LogP contribution in [0.1, 0.15) is 0 Å². The van der Waals surface area contributed by atoms with Crippen molar-refractivity contribution in [2.24, 2.45) is 13.5 Å². The van der Waals surface area contributed by atoms with E-state index in [0.29, 0.717) is 0 Å². The molecule has 0 saturated heterocycles. The van der Waals surface area contributed by atoms with Crippen molar-refractivity contribution >= 4 is 54.7 Å². The van der Waals surface area contributed by atoms with Gasteiger partial charge >= 0.3 is 0 Å². The topological polar surface area (TPSA) is 37.1 Å². The van der Waals surface area contributed by atoms with Gasteiger partial charge in [0.05, 0.1) is 0 Å². The number of nitrogens with zero attached hydrogens (tertiary/aromatic N) is 3. The van der Waals surface area contributed by atoms with Gasteiger partial charge in [-0.25, -0.2) is 13.5 Å². The van der Waals surface area contributed by atoms with E-state index in [1.54, 1.807) is 6.66 Å². The van der Waals surface area contributed by atoms with E-state index in [1.807, 2.05) is 0 Å². The van der Waals surface area contributed by atoms with Crippen LogP contribution in [-0.4, -0.2) is 6.66 Å². The number of hydrogen-bond donors (Lipinski definition) is 0. The van der Waals surface area contributed by atoms with Gasteiger partial charge in [-0.1, -0.05) is 33.7 Å². The normalized spacial score (nSPS) is 46.8. The summed E-state index contributed by atoms with van der Waals surface area (Å²) in [6, 6.07) is 0. The Hall–Kier alpha value is 1.56. The highest BCUT2D eigenvalue weighted by Crippen LogP contribution is 2.69. The fourth-order valence-electron chi connectivity index (χ4n) is 0.444. The predicted molar refractivity (Wildman–Crippen MR) is 54.3 cm³/mol. The van der Waals surface area contributed by atoms with Crippen LogP contribution in [0.4, 0.5) is 0 Å². The lowest BCUT2D eigenvalue weighted by Crippen LogP contribution is -1.58. The standard InChI is InChI=1S/CH5Cl3N3P3/c1-10(4)6-8(2)5-9(3)7-10/h8-9H,1H3. The highest BCUT2D eigenvalue weighted by atomic mass is 35.7. The third-order valence-electron chi connectivity index (χ3n) is 0.715. The molecule has 0 spiro atoms. The van der Waals surface area contributed by atoms with Crippen LogP contribution in [0, 0.1) is 0 Å². The lowest BCUT2D eigenvalue weighted by molar-refractivity contribution is 1.78. The van der Waals surface area contributed by atoms with Crippen molar-refractivity contribution in [3.63, 3.8) is 0 Å². The molecule has 0 saturated carbocycles. The second-order valence-corrected chi connectivity index (χ2v) is 10.8. The van der Waals surface area contributed by atoms with Gasteiger partial charge in [-0.15, -0.1) is 0 Å². The molecular weight excluding hydrogens is 253 g/mol. The van der Waals surface area contributed by atoms with Gasteiger partial charge in [0, 0.05) is 6.66 Å². The van der Waals surface area contributed by atoms with Crippen molar-refractivity contribution in [2.75, 3.05) is 6.66 Å². The van der Waals surface area contributed by atoms with Crippen molar-refractivity contribution in [3.8, 4) is 0 Å². The molecule has 0 bridgehead atoms. The molecular formula is CH5Cl3N3P3. The van der Waals surface area contributed by atoms with Crippen LogP contribution < -0.4 is 0 Å². The third kappa shape index (κ3) is 2.89. The Balaban J connectivity index is 3.15. The fraction of sp³-hybridized carbons (Fsp3) is 1.00. The summed E-state index contributed by atoms with van der Waals surface area (Å²) in [7, 11) is -2.98. The molecule has 1 heterocycles. The van der Waals surface area contributed by atoms with Crippen LogP contribution >= 0.6 is 54.7 Å². The zero-order valence-corrected chi connectivity index (χ0v) is 10.1. The molecule has 0 aromatic rings. The largest absolute Gasteiger partial charge is 0.217 e. The van der Waals surface area contributed by atoms with Gasteiger partial charge in [0.25, 0.3) is 0 Å². The first-order chi connectivity index (χ1) is 4.49. The second-order valence-electron chi connectivity index (χ2n) is 1.66. The van der Waals surface area contributed by atoms with Crippen LogP contribution in [-0.2, 0) is 0 Å². The first kappa shape index (κ1) is 9.65. The average molecular weight is 258 g/mol. The van der Waals surface area contributed by atoms with Gasteiger partial charge in [0.2, 0.25) is 0 Å². The summed E-state index contributed by atoms with van der Waals surface area (Å²) in [6.07, 6.45) is 0. The van der Waals surface area contributed by atoms with Crippen molar-refractivity contribution < 1.29 is 0 Å². The maximum atomic E-state index is 5.86.